The summed E-state index contributed by atoms with van der Waals surface area (Å²) in [6, 6.07) is 4.35. The van der Waals surface area contributed by atoms with Crippen molar-refractivity contribution in [2.24, 2.45) is 0 Å². The number of nitrogens with one attached hydrogen (secondary N) is 1. The second kappa shape index (κ2) is 6.15. The molecule has 1 aromatic heterocycles. The highest BCUT2D eigenvalue weighted by Gasteiger charge is 2.20. The summed E-state index contributed by atoms with van der Waals surface area (Å²) in [5.74, 6) is 0.359. The van der Waals surface area contributed by atoms with Crippen molar-refractivity contribution in [3.8, 4) is 0 Å². The van der Waals surface area contributed by atoms with Crippen LogP contribution in [-0.2, 0) is 11.8 Å². The molecule has 1 heterocycles. The van der Waals surface area contributed by atoms with E-state index in [0.29, 0.717) is 21.9 Å². The van der Waals surface area contributed by atoms with Gasteiger partial charge in [0.2, 0.25) is 0 Å². The van der Waals surface area contributed by atoms with Gasteiger partial charge in [0.1, 0.15) is 16.3 Å². The minimum absolute atomic E-state index is 0.101. The second-order valence-corrected chi connectivity index (χ2v) is 7.43. The molecular formula is C15H15BrClFN2S. The Labute approximate surface area is 141 Å². The van der Waals surface area contributed by atoms with Crippen LogP contribution in [0.2, 0.25) is 5.02 Å². The fourth-order valence-electron chi connectivity index (χ4n) is 1.95. The Morgan fingerprint density at radius 1 is 1.38 bits per heavy atom. The van der Waals surface area contributed by atoms with E-state index in [1.54, 1.807) is 6.07 Å². The van der Waals surface area contributed by atoms with Gasteiger partial charge in [-0.15, -0.1) is 0 Å². The first-order valence-corrected chi connectivity index (χ1v) is 7.99. The van der Waals surface area contributed by atoms with E-state index in [0.717, 1.165) is 15.7 Å². The lowest BCUT2D eigenvalue weighted by atomic mass is 9.92. The van der Waals surface area contributed by atoms with Gasteiger partial charge in [0.15, 0.2) is 0 Å². The first-order valence-electron chi connectivity index (χ1n) is 6.41. The molecule has 6 heteroatoms. The molecule has 0 spiro atoms. The first-order chi connectivity index (χ1) is 9.68. The molecule has 1 aromatic carbocycles. The predicted molar refractivity (Wildman–Crippen MR) is 90.0 cm³/mol. The number of aromatic amines is 1. The van der Waals surface area contributed by atoms with Crippen LogP contribution in [0, 0.1) is 10.5 Å². The molecule has 0 fully saturated rings. The number of H-pyrrole nitrogens is 1. The number of benzene rings is 1. The van der Waals surface area contributed by atoms with Gasteiger partial charge in [-0.05, 0) is 33.6 Å². The summed E-state index contributed by atoms with van der Waals surface area (Å²) in [5.41, 5.74) is 1.69. The van der Waals surface area contributed by atoms with E-state index < -0.39 is 0 Å². The fraction of sp³-hybridized carbons (Fsp3) is 0.333. The third-order valence-corrected chi connectivity index (χ3v) is 4.72. The Hall–Kier alpha value is -0.780. The molecule has 0 aliphatic carbocycles. The van der Waals surface area contributed by atoms with Gasteiger partial charge < -0.3 is 4.98 Å². The van der Waals surface area contributed by atoms with Crippen LogP contribution in [0.1, 0.15) is 37.9 Å². The van der Waals surface area contributed by atoms with Gasteiger partial charge in [-0.2, -0.15) is 0 Å². The van der Waals surface area contributed by atoms with Crippen molar-refractivity contribution in [3.05, 3.63) is 55.2 Å². The zero-order valence-electron chi connectivity index (χ0n) is 11.9. The van der Waals surface area contributed by atoms with Crippen LogP contribution in [-0.4, -0.2) is 9.97 Å². The number of hydrogen-bond acceptors (Lipinski definition) is 2. The van der Waals surface area contributed by atoms with Crippen molar-refractivity contribution >= 4 is 39.7 Å². The van der Waals surface area contributed by atoms with Gasteiger partial charge in [-0.25, -0.2) is 9.37 Å². The van der Waals surface area contributed by atoms with Crippen molar-refractivity contribution in [1.82, 2.24) is 9.97 Å². The topological polar surface area (TPSA) is 28.7 Å². The number of halogens is 3. The number of nitrogens with zero attached hydrogens (tertiary/aromatic N) is 1. The van der Waals surface area contributed by atoms with Crippen LogP contribution < -0.4 is 0 Å². The smallest absolute Gasteiger partial charge is 0.144 e. The third-order valence-electron chi connectivity index (χ3n) is 3.04. The van der Waals surface area contributed by atoms with Gasteiger partial charge in [0.25, 0.3) is 0 Å². The maximum absolute atomic E-state index is 13.1. The van der Waals surface area contributed by atoms with E-state index in [4.69, 9.17) is 23.8 Å². The minimum Gasteiger partial charge on any atom is -0.345 e. The quantitative estimate of drug-likeness (QED) is 0.679. The summed E-state index contributed by atoms with van der Waals surface area (Å²) in [6.45, 7) is 6.27. The Morgan fingerprint density at radius 3 is 2.62 bits per heavy atom. The third kappa shape index (κ3) is 3.90. The zero-order valence-corrected chi connectivity index (χ0v) is 15.1. The highest BCUT2D eigenvalue weighted by atomic mass is 79.9. The van der Waals surface area contributed by atoms with Crippen LogP contribution in [0.4, 0.5) is 4.39 Å². The molecule has 0 radical (unpaired) electrons. The van der Waals surface area contributed by atoms with Gasteiger partial charge in [0, 0.05) is 22.6 Å². The molecule has 2 nitrogen and oxygen atoms in total. The molecule has 2 rings (SSSR count). The van der Waals surface area contributed by atoms with E-state index in [9.17, 15) is 4.39 Å². The summed E-state index contributed by atoms with van der Waals surface area (Å²) in [5, 5.41) is 0.386. The lowest BCUT2D eigenvalue weighted by Gasteiger charge is -2.21. The van der Waals surface area contributed by atoms with Crippen molar-refractivity contribution in [3.63, 3.8) is 0 Å². The van der Waals surface area contributed by atoms with Gasteiger partial charge in [0.05, 0.1) is 4.47 Å². The van der Waals surface area contributed by atoms with Gasteiger partial charge >= 0.3 is 0 Å². The number of aromatic nitrogens is 2. The first kappa shape index (κ1) is 16.6. The largest absolute Gasteiger partial charge is 0.345 e. The molecule has 1 N–H and O–H groups in total. The molecule has 0 unspecified atom stereocenters. The molecule has 0 atom stereocenters. The lowest BCUT2D eigenvalue weighted by Crippen LogP contribution is -2.17. The Morgan fingerprint density at radius 2 is 2.05 bits per heavy atom. The van der Waals surface area contributed by atoms with Crippen molar-refractivity contribution in [1.29, 1.82) is 0 Å². The van der Waals surface area contributed by atoms with Crippen LogP contribution >= 0.6 is 39.7 Å². The molecule has 0 saturated carbocycles. The summed E-state index contributed by atoms with van der Waals surface area (Å²) in [6.07, 6.45) is 0.471. The average molecular weight is 390 g/mol. The maximum atomic E-state index is 13.1. The summed E-state index contributed by atoms with van der Waals surface area (Å²) in [7, 11) is 0. The number of rotatable bonds is 2. The second-order valence-electron chi connectivity index (χ2n) is 5.84. The summed E-state index contributed by atoms with van der Waals surface area (Å²) >= 11 is 14.8. The molecular weight excluding hydrogens is 375 g/mol. The SMILES string of the molecule is CC(C)(C)c1[nH]c(Cc2ccc(F)cc2Cl)nc(=S)c1Br. The average Bonchev–Trinajstić information content (AvgIpc) is 2.35. The van der Waals surface area contributed by atoms with Crippen molar-refractivity contribution < 1.29 is 4.39 Å². The van der Waals surface area contributed by atoms with E-state index in [-0.39, 0.29) is 11.2 Å². The monoisotopic (exact) mass is 388 g/mol. The lowest BCUT2D eigenvalue weighted by molar-refractivity contribution is 0.558. The molecule has 0 aliphatic rings. The van der Waals surface area contributed by atoms with Crippen LogP contribution in [0.15, 0.2) is 22.7 Å². The molecule has 0 amide bonds. The Kier molecular flexibility index (Phi) is 4.85. The highest BCUT2D eigenvalue weighted by Crippen LogP contribution is 2.29. The van der Waals surface area contributed by atoms with Gasteiger partial charge in [-0.1, -0.05) is 50.7 Å². The summed E-state index contributed by atoms with van der Waals surface area (Å²) < 4.78 is 14.4. The van der Waals surface area contributed by atoms with E-state index in [1.807, 2.05) is 0 Å². The van der Waals surface area contributed by atoms with E-state index in [2.05, 4.69) is 46.7 Å². The molecule has 21 heavy (non-hydrogen) atoms. The highest BCUT2D eigenvalue weighted by molar-refractivity contribution is 9.10. The van der Waals surface area contributed by atoms with E-state index >= 15 is 0 Å². The van der Waals surface area contributed by atoms with Crippen molar-refractivity contribution in [2.45, 2.75) is 32.6 Å². The van der Waals surface area contributed by atoms with Crippen LogP contribution in [0.5, 0.6) is 0 Å². The fourth-order valence-corrected chi connectivity index (χ4v) is 3.18. The minimum atomic E-state index is -0.351. The van der Waals surface area contributed by atoms with Gasteiger partial charge in [-0.3, -0.25) is 0 Å². The van der Waals surface area contributed by atoms with Crippen LogP contribution in [0.3, 0.4) is 0 Å². The van der Waals surface area contributed by atoms with Crippen LogP contribution in [0.25, 0.3) is 0 Å². The van der Waals surface area contributed by atoms with Crippen molar-refractivity contribution in [2.75, 3.05) is 0 Å². The molecule has 112 valence electrons. The van der Waals surface area contributed by atoms with E-state index in [1.165, 1.54) is 12.1 Å². The molecule has 0 saturated heterocycles. The molecule has 2 aromatic rings. The predicted octanol–water partition coefficient (Wildman–Crippen LogP) is 5.58. The molecule has 0 bridgehead atoms. The molecule has 0 aliphatic heterocycles. The standard InChI is InChI=1S/C15H15BrClFN2S/c1-15(2,3)13-12(16)14(21)20-11(19-13)6-8-4-5-9(18)7-10(8)17/h4-5,7H,6H2,1-3H3,(H,19,20,21). The Balaban J connectivity index is 2.46. The maximum Gasteiger partial charge on any atom is 0.144 e. The summed E-state index contributed by atoms with van der Waals surface area (Å²) in [4.78, 5) is 7.67. The number of hydrogen-bond donors (Lipinski definition) is 1. The zero-order chi connectivity index (χ0) is 15.8. The normalized spacial score (nSPS) is 11.7. The Bertz CT molecular complexity index is 737.